The second-order valence-electron chi connectivity index (χ2n) is 5.82. The zero-order chi connectivity index (χ0) is 15.4. The summed E-state index contributed by atoms with van der Waals surface area (Å²) in [6.45, 7) is 4.88. The van der Waals surface area contributed by atoms with Gasteiger partial charge in [-0.1, -0.05) is 12.1 Å². The topological polar surface area (TPSA) is 80.0 Å². The predicted octanol–water partition coefficient (Wildman–Crippen LogP) is 2.33. The van der Waals surface area contributed by atoms with Crippen molar-refractivity contribution in [1.29, 1.82) is 0 Å². The van der Waals surface area contributed by atoms with Gasteiger partial charge in [-0.25, -0.2) is 4.98 Å². The maximum Gasteiger partial charge on any atom is 0.257 e. The Labute approximate surface area is 141 Å². The lowest BCUT2D eigenvalue weighted by Crippen LogP contribution is -2.33. The molecule has 1 amide bonds. The molecule has 0 aromatic carbocycles. The quantitative estimate of drug-likeness (QED) is 0.874. The minimum Gasteiger partial charge on any atom is -0.352 e. The van der Waals surface area contributed by atoms with Crippen LogP contribution < -0.4 is 10.6 Å². The first kappa shape index (κ1) is 17.7. The fourth-order valence-electron chi connectivity index (χ4n) is 2.92. The molecular formula is C16H23ClN4O2. The second kappa shape index (κ2) is 8.26. The molecule has 3 rings (SSSR count). The number of halogens is 1. The van der Waals surface area contributed by atoms with Gasteiger partial charge in [-0.15, -0.1) is 12.4 Å². The Hall–Kier alpha value is -1.66. The van der Waals surface area contributed by atoms with Crippen LogP contribution in [0.4, 0.5) is 0 Å². The molecule has 7 heteroatoms. The Bertz CT molecular complexity index is 653. The molecule has 0 spiro atoms. The van der Waals surface area contributed by atoms with Gasteiger partial charge < -0.3 is 15.2 Å². The van der Waals surface area contributed by atoms with Crippen LogP contribution in [0, 0.1) is 5.92 Å². The summed E-state index contributed by atoms with van der Waals surface area (Å²) in [6.07, 6.45) is 5.80. The highest BCUT2D eigenvalue weighted by atomic mass is 35.5. The summed E-state index contributed by atoms with van der Waals surface area (Å²) in [7, 11) is 0. The summed E-state index contributed by atoms with van der Waals surface area (Å²) in [6, 6.07) is 1.81. The fourth-order valence-corrected chi connectivity index (χ4v) is 2.92. The first-order valence-corrected chi connectivity index (χ1v) is 8.01. The Kier molecular flexibility index (Phi) is 6.36. The largest absolute Gasteiger partial charge is 0.352 e. The molecule has 1 unspecified atom stereocenters. The van der Waals surface area contributed by atoms with Crippen LogP contribution in [0.15, 0.2) is 16.8 Å². The molecular weight excluding hydrogens is 316 g/mol. The van der Waals surface area contributed by atoms with Gasteiger partial charge in [-0.2, -0.15) is 0 Å². The summed E-state index contributed by atoms with van der Waals surface area (Å²) < 4.78 is 5.14. The fraction of sp³-hybridized carbons (Fsp3) is 0.562. The minimum atomic E-state index is -0.0820. The van der Waals surface area contributed by atoms with Crippen LogP contribution in [0.2, 0.25) is 0 Å². The number of aromatic nitrogens is 2. The molecule has 2 aromatic heterocycles. The SMILES string of the molecule is CCc1noc2ncc(C(=O)NCCC3CCCNC3)cc12.Cl. The highest BCUT2D eigenvalue weighted by molar-refractivity contribution is 5.96. The Morgan fingerprint density at radius 1 is 1.52 bits per heavy atom. The third kappa shape index (κ3) is 4.20. The number of pyridine rings is 1. The van der Waals surface area contributed by atoms with Crippen molar-refractivity contribution in [3.63, 3.8) is 0 Å². The Morgan fingerprint density at radius 2 is 2.39 bits per heavy atom. The molecule has 0 radical (unpaired) electrons. The van der Waals surface area contributed by atoms with Crippen molar-refractivity contribution in [2.75, 3.05) is 19.6 Å². The highest BCUT2D eigenvalue weighted by Crippen LogP contribution is 2.18. The maximum atomic E-state index is 12.2. The molecule has 126 valence electrons. The Morgan fingerprint density at radius 3 is 3.13 bits per heavy atom. The van der Waals surface area contributed by atoms with E-state index in [2.05, 4.69) is 20.8 Å². The normalized spacial score (nSPS) is 17.7. The van der Waals surface area contributed by atoms with E-state index in [0.717, 1.165) is 37.0 Å². The zero-order valence-electron chi connectivity index (χ0n) is 13.3. The molecule has 2 N–H and O–H groups in total. The van der Waals surface area contributed by atoms with Gasteiger partial charge in [0.15, 0.2) is 0 Å². The lowest BCUT2D eigenvalue weighted by molar-refractivity contribution is 0.0950. The van der Waals surface area contributed by atoms with Crippen molar-refractivity contribution < 1.29 is 9.32 Å². The first-order valence-electron chi connectivity index (χ1n) is 8.01. The van der Waals surface area contributed by atoms with E-state index in [0.29, 0.717) is 23.7 Å². The molecule has 1 saturated heterocycles. The number of nitrogens with zero attached hydrogens (tertiary/aromatic N) is 2. The van der Waals surface area contributed by atoms with Crippen molar-refractivity contribution in [1.82, 2.24) is 20.8 Å². The van der Waals surface area contributed by atoms with Gasteiger partial charge in [0.1, 0.15) is 0 Å². The summed E-state index contributed by atoms with van der Waals surface area (Å²) in [5.41, 5.74) is 1.89. The van der Waals surface area contributed by atoms with E-state index in [1.165, 1.54) is 12.8 Å². The van der Waals surface area contributed by atoms with Gasteiger partial charge in [0.25, 0.3) is 11.6 Å². The molecule has 1 aliphatic rings. The second-order valence-corrected chi connectivity index (χ2v) is 5.82. The lowest BCUT2D eigenvalue weighted by atomic mass is 9.96. The number of hydrogen-bond acceptors (Lipinski definition) is 5. The maximum absolute atomic E-state index is 12.2. The molecule has 6 nitrogen and oxygen atoms in total. The average Bonchev–Trinajstić information content (AvgIpc) is 2.98. The molecule has 1 aliphatic heterocycles. The molecule has 3 heterocycles. The van der Waals surface area contributed by atoms with Crippen molar-refractivity contribution in [3.8, 4) is 0 Å². The van der Waals surface area contributed by atoms with Crippen LogP contribution >= 0.6 is 12.4 Å². The molecule has 0 aliphatic carbocycles. The lowest BCUT2D eigenvalue weighted by Gasteiger charge is -2.22. The first-order chi connectivity index (χ1) is 10.8. The Balaban J connectivity index is 0.00000192. The van der Waals surface area contributed by atoms with Crippen molar-refractivity contribution in [2.24, 2.45) is 5.92 Å². The van der Waals surface area contributed by atoms with Crippen LogP contribution in [0.3, 0.4) is 0 Å². The summed E-state index contributed by atoms with van der Waals surface area (Å²) >= 11 is 0. The summed E-state index contributed by atoms with van der Waals surface area (Å²) in [4.78, 5) is 16.4. The highest BCUT2D eigenvalue weighted by Gasteiger charge is 2.15. The summed E-state index contributed by atoms with van der Waals surface area (Å²) in [5, 5.41) is 11.2. The molecule has 2 aromatic rings. The van der Waals surface area contributed by atoms with Crippen LogP contribution in [0.25, 0.3) is 11.1 Å². The number of aryl methyl sites for hydroxylation is 1. The van der Waals surface area contributed by atoms with E-state index in [4.69, 9.17) is 4.52 Å². The van der Waals surface area contributed by atoms with Gasteiger partial charge in [-0.3, -0.25) is 4.79 Å². The predicted molar refractivity (Wildman–Crippen MR) is 91.0 cm³/mol. The standard InChI is InChI=1S/C16H22N4O2.ClH/c1-2-14-13-8-12(10-19-16(13)22-20-14)15(21)18-7-5-11-4-3-6-17-9-11;/h8,10-11,17H,2-7,9H2,1H3,(H,18,21);1H. The minimum absolute atomic E-state index is 0. The van der Waals surface area contributed by atoms with Crippen molar-refractivity contribution in [2.45, 2.75) is 32.6 Å². The van der Waals surface area contributed by atoms with Crippen LogP contribution in [0.1, 0.15) is 42.2 Å². The van der Waals surface area contributed by atoms with E-state index in [9.17, 15) is 4.79 Å². The van der Waals surface area contributed by atoms with Gasteiger partial charge >= 0.3 is 0 Å². The number of nitrogens with one attached hydrogen (secondary N) is 2. The van der Waals surface area contributed by atoms with Crippen LogP contribution in [0.5, 0.6) is 0 Å². The number of fused-ring (bicyclic) bond motifs is 1. The van der Waals surface area contributed by atoms with Crippen LogP contribution in [-0.2, 0) is 6.42 Å². The van der Waals surface area contributed by atoms with Crippen molar-refractivity contribution >= 4 is 29.4 Å². The summed E-state index contributed by atoms with van der Waals surface area (Å²) in [5.74, 6) is 0.584. The third-order valence-corrected chi connectivity index (χ3v) is 4.24. The average molecular weight is 339 g/mol. The van der Waals surface area contributed by atoms with Crippen molar-refractivity contribution in [3.05, 3.63) is 23.5 Å². The smallest absolute Gasteiger partial charge is 0.257 e. The van der Waals surface area contributed by atoms with E-state index < -0.39 is 0 Å². The third-order valence-electron chi connectivity index (χ3n) is 4.24. The number of piperidine rings is 1. The van der Waals surface area contributed by atoms with Gasteiger partial charge in [0.05, 0.1) is 16.6 Å². The monoisotopic (exact) mass is 338 g/mol. The van der Waals surface area contributed by atoms with Gasteiger partial charge in [-0.05, 0) is 50.8 Å². The molecule has 1 fully saturated rings. The zero-order valence-corrected chi connectivity index (χ0v) is 14.1. The van der Waals surface area contributed by atoms with Gasteiger partial charge in [0.2, 0.25) is 0 Å². The number of amides is 1. The van der Waals surface area contributed by atoms with Crippen LogP contribution in [-0.4, -0.2) is 35.7 Å². The number of carbonyl (C=O) groups excluding carboxylic acids is 1. The number of rotatable bonds is 5. The van der Waals surface area contributed by atoms with Gasteiger partial charge in [0, 0.05) is 12.7 Å². The number of carbonyl (C=O) groups is 1. The number of hydrogen-bond donors (Lipinski definition) is 2. The molecule has 0 bridgehead atoms. The molecule has 0 saturated carbocycles. The molecule has 23 heavy (non-hydrogen) atoms. The van der Waals surface area contributed by atoms with E-state index >= 15 is 0 Å². The molecule has 1 atom stereocenters. The van der Waals surface area contributed by atoms with E-state index in [-0.39, 0.29) is 18.3 Å². The van der Waals surface area contributed by atoms with E-state index in [1.54, 1.807) is 6.20 Å². The van der Waals surface area contributed by atoms with E-state index in [1.807, 2.05) is 13.0 Å².